The number of nitrogens with one attached hydrogen (secondary N) is 1. The first-order valence-corrected chi connectivity index (χ1v) is 18.2. The summed E-state index contributed by atoms with van der Waals surface area (Å²) < 4.78 is 53.6. The fourth-order valence-electron chi connectivity index (χ4n) is 6.49. The van der Waals surface area contributed by atoms with Gasteiger partial charge >= 0.3 is 6.09 Å². The Labute approximate surface area is 293 Å². The molecule has 1 amide bonds. The number of hydrogen-bond donors (Lipinski definition) is 3. The highest BCUT2D eigenvalue weighted by Gasteiger charge is 2.47. The van der Waals surface area contributed by atoms with Gasteiger partial charge in [-0.15, -0.1) is 0 Å². The molecule has 4 atom stereocenters. The molecule has 50 heavy (non-hydrogen) atoms. The number of fused-ring (bicyclic) bond motifs is 1. The van der Waals surface area contributed by atoms with Gasteiger partial charge < -0.3 is 34.5 Å². The van der Waals surface area contributed by atoms with Crippen LogP contribution in [0.25, 0.3) is 0 Å². The van der Waals surface area contributed by atoms with E-state index in [1.165, 1.54) is 22.5 Å². The van der Waals surface area contributed by atoms with Crippen molar-refractivity contribution >= 4 is 16.1 Å². The number of carboxylic acid groups (broad SMARTS) is 1. The van der Waals surface area contributed by atoms with Gasteiger partial charge in [-0.05, 0) is 72.9 Å². The van der Waals surface area contributed by atoms with E-state index >= 15 is 0 Å². The van der Waals surface area contributed by atoms with Gasteiger partial charge in [-0.1, -0.05) is 56.3 Å². The Balaban J connectivity index is 1.47. The van der Waals surface area contributed by atoms with Crippen molar-refractivity contribution in [3.05, 3.63) is 83.9 Å². The number of hydrogen-bond acceptors (Lipinski definition) is 9. The minimum atomic E-state index is -4.34. The normalized spacial score (nSPS) is 17.5. The van der Waals surface area contributed by atoms with Crippen molar-refractivity contribution in [2.24, 2.45) is 5.41 Å². The Morgan fingerprint density at radius 2 is 1.82 bits per heavy atom. The Kier molecular flexibility index (Phi) is 12.2. The van der Waals surface area contributed by atoms with E-state index in [9.17, 15) is 23.4 Å². The van der Waals surface area contributed by atoms with E-state index in [0.717, 1.165) is 5.56 Å². The second-order valence-corrected chi connectivity index (χ2v) is 15.3. The Morgan fingerprint density at radius 3 is 2.50 bits per heavy atom. The van der Waals surface area contributed by atoms with Gasteiger partial charge in [0.25, 0.3) is 0 Å². The minimum Gasteiger partial charge on any atom is -0.489 e. The molecule has 0 aliphatic carbocycles. The average Bonchev–Trinajstić information content (AvgIpc) is 3.80. The molecule has 0 bridgehead atoms. The largest absolute Gasteiger partial charge is 0.489 e. The van der Waals surface area contributed by atoms with E-state index < -0.39 is 45.8 Å². The molecule has 0 radical (unpaired) electrons. The topological polar surface area (TPSA) is 168 Å². The van der Waals surface area contributed by atoms with Crippen molar-refractivity contribution in [3.8, 4) is 23.3 Å². The lowest BCUT2D eigenvalue weighted by Gasteiger charge is -2.43. The van der Waals surface area contributed by atoms with E-state index in [4.69, 9.17) is 24.2 Å². The molecule has 1 saturated heterocycles. The second-order valence-electron chi connectivity index (χ2n) is 13.5. The van der Waals surface area contributed by atoms with Gasteiger partial charge in [0, 0.05) is 25.6 Å². The molecule has 0 saturated carbocycles. The van der Waals surface area contributed by atoms with Crippen LogP contribution in [0.4, 0.5) is 4.79 Å². The first kappa shape index (κ1) is 36.9. The van der Waals surface area contributed by atoms with Crippen LogP contribution in [-0.2, 0) is 27.8 Å². The Morgan fingerprint density at radius 1 is 1.08 bits per heavy atom. The van der Waals surface area contributed by atoms with E-state index in [1.807, 2.05) is 44.2 Å². The highest BCUT2D eigenvalue weighted by molar-refractivity contribution is 7.89. The first-order chi connectivity index (χ1) is 24.0. The predicted octanol–water partition coefficient (Wildman–Crippen LogP) is 5.49. The smallest absolute Gasteiger partial charge is 0.404 e. The van der Waals surface area contributed by atoms with Crippen molar-refractivity contribution < 1.29 is 42.4 Å². The maximum absolute atomic E-state index is 14.7. The van der Waals surface area contributed by atoms with Gasteiger partial charge in [0.15, 0.2) is 11.5 Å². The summed E-state index contributed by atoms with van der Waals surface area (Å²) in [6.45, 7) is 4.53. The van der Waals surface area contributed by atoms with Crippen LogP contribution in [-0.4, -0.2) is 73.3 Å². The number of aliphatic hydroxyl groups is 1. The molecule has 3 aromatic rings. The second kappa shape index (κ2) is 16.6. The summed E-state index contributed by atoms with van der Waals surface area (Å²) in [4.78, 5) is 12.1. The molecule has 3 N–H and O–H groups in total. The number of ether oxygens (including phenoxy) is 4. The van der Waals surface area contributed by atoms with Crippen LogP contribution in [0.5, 0.6) is 17.2 Å². The molecule has 268 valence electrons. The molecule has 0 spiro atoms. The molecule has 2 aliphatic rings. The Bertz CT molecular complexity index is 1720. The van der Waals surface area contributed by atoms with E-state index in [0.29, 0.717) is 62.4 Å². The molecule has 13 heteroatoms. The molecule has 1 fully saturated rings. The standard InChI is InChI=1S/C37H45N3O9S/c1-37(2,18-6-7-19-38)24-40(50(44,45)29-16-17-31-33(22-29)49-25-48-31)34(32-11-8-20-46-32)35(41)30(39-36(42)43)21-26-12-14-28(15-13-26)47-23-27-9-4-3-5-10-27/h3-5,9-10,12-17,22,30,32,34-35,39,41H,6-8,11,18,20-21,23-25H2,1-2H3,(H,42,43)/t30-,32?,34+,35+/m0/s1. The summed E-state index contributed by atoms with van der Waals surface area (Å²) in [7, 11) is -4.34. The quantitative estimate of drug-likeness (QED) is 0.153. The maximum Gasteiger partial charge on any atom is 0.404 e. The zero-order valence-electron chi connectivity index (χ0n) is 28.4. The highest BCUT2D eigenvalue weighted by Crippen LogP contribution is 2.38. The number of benzene rings is 3. The average molecular weight is 708 g/mol. The molecule has 1 unspecified atom stereocenters. The number of carbonyl (C=O) groups is 1. The fraction of sp³-hybridized carbons (Fsp3) is 0.459. The van der Waals surface area contributed by atoms with Crippen LogP contribution in [0.15, 0.2) is 77.7 Å². The number of amides is 1. The monoisotopic (exact) mass is 707 g/mol. The van der Waals surface area contributed by atoms with E-state index in [1.54, 1.807) is 24.3 Å². The fourth-order valence-corrected chi connectivity index (χ4v) is 8.36. The molecule has 0 aromatic heterocycles. The lowest BCUT2D eigenvalue weighted by atomic mass is 9.85. The summed E-state index contributed by atoms with van der Waals surface area (Å²) in [5.74, 6) is 1.33. The molecular formula is C37H45N3O9S. The first-order valence-electron chi connectivity index (χ1n) is 16.8. The third-order valence-electron chi connectivity index (χ3n) is 9.05. The highest BCUT2D eigenvalue weighted by atomic mass is 32.2. The van der Waals surface area contributed by atoms with Crippen LogP contribution in [0.2, 0.25) is 0 Å². The summed E-state index contributed by atoms with van der Waals surface area (Å²) in [5.41, 5.74) is 1.10. The van der Waals surface area contributed by atoms with E-state index in [2.05, 4.69) is 11.4 Å². The summed E-state index contributed by atoms with van der Waals surface area (Å²) in [5, 5.41) is 33.7. The zero-order valence-corrected chi connectivity index (χ0v) is 29.2. The molecular weight excluding hydrogens is 662 g/mol. The third-order valence-corrected chi connectivity index (χ3v) is 10.9. The number of nitriles is 1. The number of aliphatic hydroxyl groups excluding tert-OH is 1. The van der Waals surface area contributed by atoms with Crippen LogP contribution in [0.3, 0.4) is 0 Å². The van der Waals surface area contributed by atoms with Crippen molar-refractivity contribution in [1.29, 1.82) is 5.26 Å². The lowest BCUT2D eigenvalue weighted by molar-refractivity contribution is -0.0326. The molecule has 5 rings (SSSR count). The lowest BCUT2D eigenvalue weighted by Crippen LogP contribution is -2.61. The maximum atomic E-state index is 14.7. The van der Waals surface area contributed by atoms with Crippen molar-refractivity contribution in [2.45, 2.75) is 88.2 Å². The van der Waals surface area contributed by atoms with Gasteiger partial charge in [-0.25, -0.2) is 13.2 Å². The Hall–Kier alpha value is -4.35. The zero-order chi connectivity index (χ0) is 35.7. The van der Waals surface area contributed by atoms with Crippen molar-refractivity contribution in [2.75, 3.05) is 19.9 Å². The van der Waals surface area contributed by atoms with Gasteiger partial charge in [-0.3, -0.25) is 0 Å². The SMILES string of the molecule is CC(C)(CCCC#N)CN([C@H](C1CCCO1)[C@H](O)[C@H](Cc1ccc(OCc2ccccc2)cc1)NC(=O)O)S(=O)(=O)c1ccc2c(c1)OCO2. The van der Waals surface area contributed by atoms with Gasteiger partial charge in [0.05, 0.1) is 35.3 Å². The van der Waals surface area contributed by atoms with Gasteiger partial charge in [-0.2, -0.15) is 9.57 Å². The number of nitrogens with zero attached hydrogens (tertiary/aromatic N) is 2. The summed E-state index contributed by atoms with van der Waals surface area (Å²) in [6.07, 6.45) is -0.978. The summed E-state index contributed by atoms with van der Waals surface area (Å²) in [6, 6.07) is 21.1. The third kappa shape index (κ3) is 9.45. The van der Waals surface area contributed by atoms with Crippen molar-refractivity contribution in [1.82, 2.24) is 9.62 Å². The number of sulfonamides is 1. The minimum absolute atomic E-state index is 0.0238. The van der Waals surface area contributed by atoms with Crippen LogP contribution < -0.4 is 19.5 Å². The number of rotatable bonds is 17. The van der Waals surface area contributed by atoms with Crippen LogP contribution in [0, 0.1) is 16.7 Å². The molecule has 2 heterocycles. The van der Waals surface area contributed by atoms with Gasteiger partial charge in [0.2, 0.25) is 16.8 Å². The van der Waals surface area contributed by atoms with Gasteiger partial charge in [0.1, 0.15) is 12.4 Å². The van der Waals surface area contributed by atoms with Crippen molar-refractivity contribution in [3.63, 3.8) is 0 Å². The van der Waals surface area contributed by atoms with E-state index in [-0.39, 0.29) is 30.4 Å². The molecule has 2 aliphatic heterocycles. The van der Waals surface area contributed by atoms with Crippen LogP contribution >= 0.6 is 0 Å². The van der Waals surface area contributed by atoms with Crippen LogP contribution in [0.1, 0.15) is 57.1 Å². The summed E-state index contributed by atoms with van der Waals surface area (Å²) >= 11 is 0. The predicted molar refractivity (Wildman–Crippen MR) is 184 cm³/mol. The molecule has 12 nitrogen and oxygen atoms in total. The molecule has 3 aromatic carbocycles. The number of unbranched alkanes of at least 4 members (excludes halogenated alkanes) is 1.